The Hall–Kier alpha value is -2.70. The van der Waals surface area contributed by atoms with E-state index in [0.717, 1.165) is 19.3 Å². The first-order valence-electron chi connectivity index (χ1n) is 8.18. The van der Waals surface area contributed by atoms with E-state index in [-0.39, 0.29) is 17.7 Å². The van der Waals surface area contributed by atoms with E-state index >= 15 is 0 Å². The van der Waals surface area contributed by atoms with Crippen LogP contribution in [0.2, 0.25) is 0 Å². The number of halogens is 1. The highest BCUT2D eigenvalue weighted by Crippen LogP contribution is 2.14. The van der Waals surface area contributed by atoms with Gasteiger partial charge in [-0.15, -0.1) is 0 Å². The molecule has 0 aliphatic rings. The second-order valence-electron chi connectivity index (χ2n) is 5.67. The first kappa shape index (κ1) is 18.6. The minimum atomic E-state index is -0.321. The minimum absolute atomic E-state index is 0.196. The van der Waals surface area contributed by atoms with Crippen molar-refractivity contribution in [3.63, 3.8) is 0 Å². The maximum atomic E-state index is 13.0. The SMILES string of the molecule is COC(=O)CCCCCNC(=O)c1cnn(-c2ccc(F)cc2)c1C. The molecule has 0 aliphatic heterocycles. The van der Waals surface area contributed by atoms with Gasteiger partial charge in [-0.05, 0) is 44.0 Å². The van der Waals surface area contributed by atoms with Crippen molar-refractivity contribution in [2.24, 2.45) is 0 Å². The maximum Gasteiger partial charge on any atom is 0.305 e. The molecule has 134 valence electrons. The van der Waals surface area contributed by atoms with Gasteiger partial charge in [-0.2, -0.15) is 5.10 Å². The van der Waals surface area contributed by atoms with Gasteiger partial charge in [-0.1, -0.05) is 6.42 Å². The summed E-state index contributed by atoms with van der Waals surface area (Å²) < 4.78 is 19.2. The van der Waals surface area contributed by atoms with Crippen LogP contribution >= 0.6 is 0 Å². The lowest BCUT2D eigenvalue weighted by molar-refractivity contribution is -0.140. The van der Waals surface area contributed by atoms with Gasteiger partial charge in [0, 0.05) is 13.0 Å². The van der Waals surface area contributed by atoms with Crippen molar-refractivity contribution in [3.05, 3.63) is 47.5 Å². The van der Waals surface area contributed by atoms with Crippen LogP contribution in [0, 0.1) is 12.7 Å². The molecule has 0 bridgehead atoms. The van der Waals surface area contributed by atoms with E-state index in [4.69, 9.17) is 0 Å². The summed E-state index contributed by atoms with van der Waals surface area (Å²) in [5.41, 5.74) is 1.87. The summed E-state index contributed by atoms with van der Waals surface area (Å²) in [4.78, 5) is 23.2. The lowest BCUT2D eigenvalue weighted by Crippen LogP contribution is -2.25. The van der Waals surface area contributed by atoms with Crippen LogP contribution < -0.4 is 5.32 Å². The number of carbonyl (C=O) groups is 2. The number of amides is 1. The maximum absolute atomic E-state index is 13.0. The zero-order valence-corrected chi connectivity index (χ0v) is 14.4. The molecule has 0 saturated carbocycles. The highest BCUT2D eigenvalue weighted by Gasteiger charge is 2.14. The number of esters is 1. The van der Waals surface area contributed by atoms with Crippen molar-refractivity contribution in [3.8, 4) is 5.69 Å². The molecule has 2 rings (SSSR count). The van der Waals surface area contributed by atoms with Gasteiger partial charge in [-0.25, -0.2) is 9.07 Å². The molecule has 1 aromatic heterocycles. The van der Waals surface area contributed by atoms with E-state index in [1.807, 2.05) is 0 Å². The van der Waals surface area contributed by atoms with Gasteiger partial charge in [-0.3, -0.25) is 9.59 Å². The molecule has 1 aromatic carbocycles. The number of nitrogens with one attached hydrogen (secondary N) is 1. The number of nitrogens with zero attached hydrogens (tertiary/aromatic N) is 2. The molecule has 0 saturated heterocycles. The summed E-state index contributed by atoms with van der Waals surface area (Å²) in [6.45, 7) is 2.32. The Morgan fingerprint density at radius 2 is 1.92 bits per heavy atom. The van der Waals surface area contributed by atoms with E-state index in [1.165, 1.54) is 25.4 Å². The van der Waals surface area contributed by atoms with Gasteiger partial charge in [0.05, 0.1) is 30.3 Å². The van der Waals surface area contributed by atoms with Gasteiger partial charge in [0.15, 0.2) is 0 Å². The standard InChI is InChI=1S/C18H22FN3O3/c1-13-16(12-21-22(13)15-9-7-14(19)8-10-15)18(24)20-11-5-3-4-6-17(23)25-2/h7-10,12H,3-6,11H2,1-2H3,(H,20,24). The van der Waals surface area contributed by atoms with Crippen LogP contribution in [0.4, 0.5) is 4.39 Å². The van der Waals surface area contributed by atoms with Gasteiger partial charge in [0.1, 0.15) is 5.82 Å². The van der Waals surface area contributed by atoms with E-state index < -0.39 is 0 Å². The van der Waals surface area contributed by atoms with Gasteiger partial charge < -0.3 is 10.1 Å². The lowest BCUT2D eigenvalue weighted by atomic mass is 10.2. The average Bonchev–Trinajstić information content (AvgIpc) is 2.99. The number of aromatic nitrogens is 2. The molecule has 6 nitrogen and oxygen atoms in total. The second-order valence-corrected chi connectivity index (χ2v) is 5.67. The number of unbranched alkanes of at least 4 members (excludes halogenated alkanes) is 2. The smallest absolute Gasteiger partial charge is 0.305 e. The van der Waals surface area contributed by atoms with Crippen molar-refractivity contribution in [1.82, 2.24) is 15.1 Å². The quantitative estimate of drug-likeness (QED) is 0.589. The Bertz CT molecular complexity index is 726. The molecule has 25 heavy (non-hydrogen) atoms. The Kier molecular flexibility index (Phi) is 6.68. The molecule has 0 atom stereocenters. The second kappa shape index (κ2) is 8.96. The van der Waals surface area contributed by atoms with E-state index in [2.05, 4.69) is 15.2 Å². The number of hydrogen-bond donors (Lipinski definition) is 1. The van der Waals surface area contributed by atoms with Crippen LogP contribution in [-0.4, -0.2) is 35.3 Å². The van der Waals surface area contributed by atoms with E-state index in [0.29, 0.717) is 29.9 Å². The predicted octanol–water partition coefficient (Wildman–Crippen LogP) is 2.78. The number of methoxy groups -OCH3 is 1. The topological polar surface area (TPSA) is 73.2 Å². The number of ether oxygens (including phenoxy) is 1. The molecule has 2 aromatic rings. The number of rotatable bonds is 8. The third-order valence-electron chi connectivity index (χ3n) is 3.90. The largest absolute Gasteiger partial charge is 0.469 e. The molecule has 7 heteroatoms. The number of hydrogen-bond acceptors (Lipinski definition) is 4. The van der Waals surface area contributed by atoms with E-state index in [9.17, 15) is 14.0 Å². The van der Waals surface area contributed by atoms with Crippen LogP contribution in [-0.2, 0) is 9.53 Å². The molecule has 0 spiro atoms. The van der Waals surface area contributed by atoms with Gasteiger partial charge >= 0.3 is 5.97 Å². The fourth-order valence-electron chi connectivity index (χ4n) is 2.45. The summed E-state index contributed by atoms with van der Waals surface area (Å²) in [5, 5.41) is 7.05. The zero-order chi connectivity index (χ0) is 18.2. The summed E-state index contributed by atoms with van der Waals surface area (Å²) in [7, 11) is 1.37. The number of benzene rings is 1. The normalized spacial score (nSPS) is 10.5. The third-order valence-corrected chi connectivity index (χ3v) is 3.90. The average molecular weight is 347 g/mol. The summed E-state index contributed by atoms with van der Waals surface area (Å²) >= 11 is 0. The fourth-order valence-corrected chi connectivity index (χ4v) is 2.45. The Morgan fingerprint density at radius 1 is 1.20 bits per heavy atom. The molecule has 0 aliphatic carbocycles. The lowest BCUT2D eigenvalue weighted by Gasteiger charge is -2.07. The van der Waals surface area contributed by atoms with Crippen molar-refractivity contribution in [1.29, 1.82) is 0 Å². The van der Waals surface area contributed by atoms with Crippen molar-refractivity contribution in [2.45, 2.75) is 32.6 Å². The van der Waals surface area contributed by atoms with Crippen molar-refractivity contribution >= 4 is 11.9 Å². The molecular weight excluding hydrogens is 325 g/mol. The highest BCUT2D eigenvalue weighted by molar-refractivity contribution is 5.95. The molecule has 0 radical (unpaired) electrons. The molecule has 0 fully saturated rings. The molecular formula is C18H22FN3O3. The summed E-state index contributed by atoms with van der Waals surface area (Å²) in [5.74, 6) is -0.731. The molecule has 1 N–H and O–H groups in total. The molecule has 0 unspecified atom stereocenters. The monoisotopic (exact) mass is 347 g/mol. The van der Waals surface area contributed by atoms with E-state index in [1.54, 1.807) is 23.7 Å². The molecule has 1 heterocycles. The van der Waals surface area contributed by atoms with Crippen molar-refractivity contribution < 1.29 is 18.7 Å². The third kappa shape index (κ3) is 5.14. The summed E-state index contributed by atoms with van der Waals surface area (Å²) in [6.07, 6.45) is 4.26. The molecule has 1 amide bonds. The van der Waals surface area contributed by atoms with Crippen LogP contribution in [0.25, 0.3) is 5.69 Å². The minimum Gasteiger partial charge on any atom is -0.469 e. The fraction of sp³-hybridized carbons (Fsp3) is 0.389. The van der Waals surface area contributed by atoms with Crippen LogP contribution in [0.15, 0.2) is 30.5 Å². The van der Waals surface area contributed by atoms with Gasteiger partial charge in [0.25, 0.3) is 5.91 Å². The summed E-state index contributed by atoms with van der Waals surface area (Å²) in [6, 6.07) is 5.92. The van der Waals surface area contributed by atoms with Crippen LogP contribution in [0.5, 0.6) is 0 Å². The predicted molar refractivity (Wildman–Crippen MR) is 91.1 cm³/mol. The van der Waals surface area contributed by atoms with Crippen LogP contribution in [0.1, 0.15) is 41.7 Å². The Balaban J connectivity index is 1.84. The first-order valence-corrected chi connectivity index (χ1v) is 8.18. The van der Waals surface area contributed by atoms with Crippen molar-refractivity contribution in [2.75, 3.05) is 13.7 Å². The Morgan fingerprint density at radius 3 is 2.60 bits per heavy atom. The Labute approximate surface area is 146 Å². The van der Waals surface area contributed by atoms with Gasteiger partial charge in [0.2, 0.25) is 0 Å². The zero-order valence-electron chi connectivity index (χ0n) is 14.4. The highest BCUT2D eigenvalue weighted by atomic mass is 19.1. The first-order chi connectivity index (χ1) is 12.0. The van der Waals surface area contributed by atoms with Crippen LogP contribution in [0.3, 0.4) is 0 Å². The number of carbonyl (C=O) groups excluding carboxylic acids is 2.